The van der Waals surface area contributed by atoms with Gasteiger partial charge in [0.05, 0.1) is 30.0 Å². The van der Waals surface area contributed by atoms with Gasteiger partial charge in [-0.1, -0.05) is 18.7 Å². The summed E-state index contributed by atoms with van der Waals surface area (Å²) in [4.78, 5) is 24.5. The maximum atomic E-state index is 12.5. The number of urea groups is 1. The molecule has 2 amide bonds. The van der Waals surface area contributed by atoms with Crippen LogP contribution in [0.15, 0.2) is 33.2 Å². The van der Waals surface area contributed by atoms with Crippen LogP contribution in [0.3, 0.4) is 0 Å². The Hall–Kier alpha value is -2.75. The molecule has 0 spiro atoms. The number of hydrogen-bond acceptors (Lipinski definition) is 7. The average Bonchev–Trinajstić information content (AvgIpc) is 3.30. The van der Waals surface area contributed by atoms with Gasteiger partial charge in [0.2, 0.25) is 0 Å². The Kier molecular flexibility index (Phi) is 6.63. The van der Waals surface area contributed by atoms with E-state index in [1.807, 2.05) is 31.4 Å². The number of aromatic nitrogens is 3. The minimum Gasteiger partial charge on any atom is -0.469 e. The number of rotatable bonds is 8. The van der Waals surface area contributed by atoms with Crippen molar-refractivity contribution in [2.75, 3.05) is 12.4 Å². The highest BCUT2D eigenvalue weighted by molar-refractivity contribution is 7.99. The summed E-state index contributed by atoms with van der Waals surface area (Å²) >= 11 is 1.41. The molecule has 1 unspecified atom stereocenters. The average molecular weight is 420 g/mol. The molecule has 0 aromatic carbocycles. The predicted molar refractivity (Wildman–Crippen MR) is 108 cm³/mol. The molecule has 0 saturated heterocycles. The van der Waals surface area contributed by atoms with Gasteiger partial charge >= 0.3 is 12.0 Å². The first-order valence-corrected chi connectivity index (χ1v) is 10.6. The third kappa shape index (κ3) is 4.31. The first-order valence-electron chi connectivity index (χ1n) is 9.58. The number of nitrogens with one attached hydrogen (secondary N) is 2. The Morgan fingerprint density at radius 2 is 2.14 bits per heavy atom. The maximum absolute atomic E-state index is 12.5. The number of carbonyl (C=O) groups excluding carboxylic acids is 2. The Balaban J connectivity index is 1.88. The van der Waals surface area contributed by atoms with Gasteiger partial charge in [0, 0.05) is 18.0 Å². The van der Waals surface area contributed by atoms with E-state index in [2.05, 4.69) is 20.8 Å². The lowest BCUT2D eigenvalue weighted by atomic mass is 10.0. The Morgan fingerprint density at radius 3 is 2.76 bits per heavy atom. The Bertz CT molecular complexity index is 933. The third-order valence-electron chi connectivity index (χ3n) is 4.63. The molecule has 2 N–H and O–H groups in total. The van der Waals surface area contributed by atoms with Crippen LogP contribution in [0.2, 0.25) is 0 Å². The lowest BCUT2D eigenvalue weighted by Gasteiger charge is -2.28. The number of ether oxygens (including phenoxy) is 1. The smallest absolute Gasteiger partial charge is 0.337 e. The van der Waals surface area contributed by atoms with Crippen molar-refractivity contribution in [3.05, 3.63) is 29.4 Å². The summed E-state index contributed by atoms with van der Waals surface area (Å²) in [5.41, 5.74) is 1.88. The molecule has 3 heterocycles. The van der Waals surface area contributed by atoms with Gasteiger partial charge in [0.15, 0.2) is 11.0 Å². The number of amides is 2. The summed E-state index contributed by atoms with van der Waals surface area (Å²) < 4.78 is 12.6. The molecule has 1 aliphatic rings. The van der Waals surface area contributed by atoms with Crippen LogP contribution in [-0.2, 0) is 16.1 Å². The van der Waals surface area contributed by atoms with Gasteiger partial charge in [-0.05, 0) is 33.3 Å². The third-order valence-corrected chi connectivity index (χ3v) is 5.62. The van der Waals surface area contributed by atoms with Crippen molar-refractivity contribution in [3.63, 3.8) is 0 Å². The molecule has 0 radical (unpaired) electrons. The van der Waals surface area contributed by atoms with Gasteiger partial charge < -0.3 is 24.4 Å². The molecule has 29 heavy (non-hydrogen) atoms. The molecular formula is C19H25N5O4S. The van der Waals surface area contributed by atoms with E-state index in [1.165, 1.54) is 11.8 Å². The second-order valence-corrected chi connectivity index (χ2v) is 7.34. The molecule has 2 aromatic rings. The molecule has 0 saturated carbocycles. The molecule has 9 nitrogen and oxygen atoms in total. The van der Waals surface area contributed by atoms with Crippen LogP contribution in [0.5, 0.6) is 0 Å². The zero-order valence-corrected chi connectivity index (χ0v) is 17.8. The number of aryl methyl sites for hydroxylation is 1. The van der Waals surface area contributed by atoms with Gasteiger partial charge in [-0.2, -0.15) is 0 Å². The lowest BCUT2D eigenvalue weighted by Crippen LogP contribution is -2.50. The Labute approximate surface area is 173 Å². The molecule has 0 aliphatic carbocycles. The standard InChI is InChI=1S/C19H25N5O4S/c1-5-13-15(17(25)27-7-3)14(21-18(26)20-13)10-29-19-23-22-16(24(19)6-2)12-8-9-28-11(12)4/h8-9,13H,5-7,10H2,1-4H3,(H2,20,21,26). The van der Waals surface area contributed by atoms with Gasteiger partial charge in [0.25, 0.3) is 0 Å². The fraction of sp³-hybridized carbons (Fsp3) is 0.474. The van der Waals surface area contributed by atoms with E-state index in [9.17, 15) is 9.59 Å². The second-order valence-electron chi connectivity index (χ2n) is 6.40. The van der Waals surface area contributed by atoms with Crippen LogP contribution in [0.25, 0.3) is 11.4 Å². The normalized spacial score (nSPS) is 16.6. The summed E-state index contributed by atoms with van der Waals surface area (Å²) in [5, 5.41) is 14.8. The monoisotopic (exact) mass is 419 g/mol. The van der Waals surface area contributed by atoms with Crippen LogP contribution in [0, 0.1) is 6.92 Å². The van der Waals surface area contributed by atoms with Crippen molar-refractivity contribution >= 4 is 23.8 Å². The minimum atomic E-state index is -0.422. The van der Waals surface area contributed by atoms with E-state index in [0.717, 1.165) is 17.1 Å². The second kappa shape index (κ2) is 9.17. The number of thioether (sulfide) groups is 1. The molecule has 0 bridgehead atoms. The SMILES string of the molecule is CCOC(=O)C1=C(CSc2nnc(-c3ccoc3C)n2CC)NC(=O)NC1CC. The van der Waals surface area contributed by atoms with Crippen molar-refractivity contribution in [1.82, 2.24) is 25.4 Å². The first-order chi connectivity index (χ1) is 14.0. The fourth-order valence-corrected chi connectivity index (χ4v) is 4.18. The topological polar surface area (TPSA) is 111 Å². The zero-order valence-electron chi connectivity index (χ0n) is 16.9. The van der Waals surface area contributed by atoms with Crippen molar-refractivity contribution in [2.24, 2.45) is 0 Å². The van der Waals surface area contributed by atoms with E-state index in [1.54, 1.807) is 13.2 Å². The maximum Gasteiger partial charge on any atom is 0.337 e. The first kappa shape index (κ1) is 21.0. The summed E-state index contributed by atoms with van der Waals surface area (Å²) in [6, 6.07) is 1.15. The molecule has 2 aromatic heterocycles. The van der Waals surface area contributed by atoms with Crippen molar-refractivity contribution in [1.29, 1.82) is 0 Å². The molecular weight excluding hydrogens is 394 g/mol. The highest BCUT2D eigenvalue weighted by atomic mass is 32.2. The van der Waals surface area contributed by atoms with E-state index in [4.69, 9.17) is 9.15 Å². The lowest BCUT2D eigenvalue weighted by molar-refractivity contribution is -0.139. The molecule has 10 heteroatoms. The van der Waals surface area contributed by atoms with Crippen LogP contribution in [0.1, 0.15) is 33.0 Å². The van der Waals surface area contributed by atoms with Crippen LogP contribution in [0.4, 0.5) is 4.79 Å². The number of furan rings is 1. The van der Waals surface area contributed by atoms with E-state index >= 15 is 0 Å². The van der Waals surface area contributed by atoms with Gasteiger partial charge in [-0.25, -0.2) is 9.59 Å². The summed E-state index contributed by atoms with van der Waals surface area (Å²) in [5.74, 6) is 1.43. The molecule has 1 atom stereocenters. The molecule has 1 aliphatic heterocycles. The Morgan fingerprint density at radius 1 is 1.34 bits per heavy atom. The number of nitrogens with zero attached hydrogens (tertiary/aromatic N) is 3. The van der Waals surface area contributed by atoms with Crippen LogP contribution in [-0.4, -0.2) is 45.2 Å². The predicted octanol–water partition coefficient (Wildman–Crippen LogP) is 2.87. The van der Waals surface area contributed by atoms with Crippen LogP contribution >= 0.6 is 11.8 Å². The molecule has 3 rings (SSSR count). The van der Waals surface area contributed by atoms with Gasteiger partial charge in [0.1, 0.15) is 5.76 Å². The molecule has 156 valence electrons. The summed E-state index contributed by atoms with van der Waals surface area (Å²) in [6.45, 7) is 8.49. The van der Waals surface area contributed by atoms with E-state index < -0.39 is 5.97 Å². The minimum absolute atomic E-state index is 0.269. The van der Waals surface area contributed by atoms with Crippen molar-refractivity contribution < 1.29 is 18.7 Å². The number of hydrogen-bond donors (Lipinski definition) is 2. The van der Waals surface area contributed by atoms with E-state index in [0.29, 0.717) is 35.1 Å². The van der Waals surface area contributed by atoms with Crippen molar-refractivity contribution in [2.45, 2.75) is 51.9 Å². The largest absolute Gasteiger partial charge is 0.469 e. The van der Waals surface area contributed by atoms with Gasteiger partial charge in [-0.15, -0.1) is 10.2 Å². The quantitative estimate of drug-likeness (QED) is 0.500. The fourth-order valence-electron chi connectivity index (χ4n) is 3.21. The van der Waals surface area contributed by atoms with E-state index in [-0.39, 0.29) is 18.7 Å². The molecule has 0 fully saturated rings. The van der Waals surface area contributed by atoms with Crippen LogP contribution < -0.4 is 10.6 Å². The number of esters is 1. The number of carbonyl (C=O) groups is 2. The van der Waals surface area contributed by atoms with Gasteiger partial charge in [-0.3, -0.25) is 0 Å². The highest BCUT2D eigenvalue weighted by Crippen LogP contribution is 2.29. The summed E-state index contributed by atoms with van der Waals surface area (Å²) in [7, 11) is 0. The zero-order chi connectivity index (χ0) is 21.0. The summed E-state index contributed by atoms with van der Waals surface area (Å²) in [6.07, 6.45) is 2.21. The van der Waals surface area contributed by atoms with Crippen molar-refractivity contribution in [3.8, 4) is 11.4 Å². The highest BCUT2D eigenvalue weighted by Gasteiger charge is 2.31.